The Morgan fingerprint density at radius 3 is 2.54 bits per heavy atom. The molecule has 0 bridgehead atoms. The molecule has 37 heavy (non-hydrogen) atoms. The lowest BCUT2D eigenvalue weighted by molar-refractivity contribution is -0.383. The Morgan fingerprint density at radius 1 is 0.973 bits per heavy atom. The van der Waals surface area contributed by atoms with E-state index in [-0.39, 0.29) is 23.8 Å². The number of ether oxygens (including phenoxy) is 1. The highest BCUT2D eigenvalue weighted by molar-refractivity contribution is 5.98. The molecule has 1 spiro atoms. The van der Waals surface area contributed by atoms with Crippen molar-refractivity contribution >= 4 is 39.8 Å². The van der Waals surface area contributed by atoms with Gasteiger partial charge < -0.3 is 15.0 Å². The highest BCUT2D eigenvalue weighted by atomic mass is 16.6. The Balaban J connectivity index is 1.42. The third kappa shape index (κ3) is 3.38. The van der Waals surface area contributed by atoms with E-state index in [2.05, 4.69) is 43.4 Å². The minimum atomic E-state index is -0.980. The molecule has 0 aliphatic carbocycles. The van der Waals surface area contributed by atoms with Crippen molar-refractivity contribution in [1.29, 1.82) is 0 Å². The van der Waals surface area contributed by atoms with E-state index in [1.54, 1.807) is 12.1 Å². The molecule has 4 aromatic carbocycles. The van der Waals surface area contributed by atoms with Gasteiger partial charge in [-0.2, -0.15) is 0 Å². The summed E-state index contributed by atoms with van der Waals surface area (Å²) in [7, 11) is 0. The summed E-state index contributed by atoms with van der Waals surface area (Å²) < 4.78 is 6.86. The zero-order valence-corrected chi connectivity index (χ0v) is 20.5. The van der Waals surface area contributed by atoms with Crippen LogP contribution in [0.4, 0.5) is 17.1 Å². The molecular formula is C30H25N3O4. The van der Waals surface area contributed by atoms with Gasteiger partial charge in [0.1, 0.15) is 18.0 Å². The van der Waals surface area contributed by atoms with Crippen LogP contribution in [0.1, 0.15) is 25.0 Å². The van der Waals surface area contributed by atoms with Crippen LogP contribution in [0.15, 0.2) is 91.0 Å². The van der Waals surface area contributed by atoms with Gasteiger partial charge in [-0.25, -0.2) is 0 Å². The third-order valence-corrected chi connectivity index (χ3v) is 7.51. The first-order valence-corrected chi connectivity index (χ1v) is 12.1. The number of nitrogens with zero attached hydrogens (tertiary/aromatic N) is 2. The number of nitro groups is 1. The summed E-state index contributed by atoms with van der Waals surface area (Å²) in [6.45, 7) is 4.17. The summed E-state index contributed by atoms with van der Waals surface area (Å²) in [5.74, 6) is 0.369. The number of hydrogen-bond acceptors (Lipinski definition) is 5. The van der Waals surface area contributed by atoms with E-state index in [4.69, 9.17) is 4.74 Å². The number of para-hydroxylation sites is 3. The second kappa shape index (κ2) is 8.20. The molecule has 2 aliphatic rings. The summed E-state index contributed by atoms with van der Waals surface area (Å²) in [6, 6.07) is 26.3. The molecule has 1 unspecified atom stereocenters. The third-order valence-electron chi connectivity index (χ3n) is 7.51. The van der Waals surface area contributed by atoms with Gasteiger partial charge in [-0.05, 0) is 60.5 Å². The maximum atomic E-state index is 13.4. The highest BCUT2D eigenvalue weighted by Crippen LogP contribution is 2.55. The van der Waals surface area contributed by atoms with E-state index in [0.717, 1.165) is 33.3 Å². The predicted molar refractivity (Wildman–Crippen MR) is 145 cm³/mol. The molecule has 2 aliphatic heterocycles. The minimum Gasteiger partial charge on any atom is -0.463 e. The van der Waals surface area contributed by atoms with E-state index in [0.29, 0.717) is 0 Å². The number of nitro benzene ring substituents is 1. The van der Waals surface area contributed by atoms with Crippen LogP contribution in [-0.2, 0) is 10.2 Å². The smallest absolute Gasteiger partial charge is 0.292 e. The monoisotopic (exact) mass is 491 g/mol. The van der Waals surface area contributed by atoms with Crippen molar-refractivity contribution in [3.63, 3.8) is 0 Å². The number of nitrogens with one attached hydrogen (secondary N) is 1. The van der Waals surface area contributed by atoms with E-state index >= 15 is 0 Å². The average Bonchev–Trinajstić information content (AvgIpc) is 3.07. The van der Waals surface area contributed by atoms with Gasteiger partial charge >= 0.3 is 0 Å². The first-order valence-electron chi connectivity index (χ1n) is 12.1. The molecule has 2 heterocycles. The summed E-state index contributed by atoms with van der Waals surface area (Å²) in [4.78, 5) is 26.3. The van der Waals surface area contributed by atoms with Crippen molar-refractivity contribution in [1.82, 2.24) is 0 Å². The molecule has 1 atom stereocenters. The van der Waals surface area contributed by atoms with Gasteiger partial charge in [-0.3, -0.25) is 14.9 Å². The predicted octanol–water partition coefficient (Wildman–Crippen LogP) is 6.29. The lowest BCUT2D eigenvalue weighted by atomic mass is 9.76. The highest BCUT2D eigenvalue weighted by Gasteiger charge is 2.59. The van der Waals surface area contributed by atoms with Crippen molar-refractivity contribution in [2.24, 2.45) is 0 Å². The molecule has 4 aromatic rings. The topological polar surface area (TPSA) is 84.7 Å². The minimum absolute atomic E-state index is 0.0558. The van der Waals surface area contributed by atoms with Gasteiger partial charge in [0.05, 0.1) is 10.3 Å². The van der Waals surface area contributed by atoms with E-state index in [1.807, 2.05) is 53.4 Å². The first kappa shape index (κ1) is 22.8. The van der Waals surface area contributed by atoms with E-state index in [9.17, 15) is 14.9 Å². The fourth-order valence-electron chi connectivity index (χ4n) is 5.64. The number of anilines is 2. The second-order valence-electron chi connectivity index (χ2n) is 9.88. The fourth-order valence-corrected chi connectivity index (χ4v) is 5.64. The van der Waals surface area contributed by atoms with Crippen molar-refractivity contribution in [3.05, 3.63) is 112 Å². The summed E-state index contributed by atoms with van der Waals surface area (Å²) in [5.41, 5.74) is 1.47. The number of fused-ring (bicyclic) bond motifs is 4. The number of rotatable bonds is 4. The Hall–Kier alpha value is -4.65. The SMILES string of the molecule is CC1(C)c2ccccc2N(CC(=O)Nc2ccccc2[N+](=O)[O-])C12C=Cc1c(ccc3ccccc13)O2. The maximum absolute atomic E-state index is 13.4. The zero-order chi connectivity index (χ0) is 25.8. The molecule has 0 aromatic heterocycles. The molecule has 0 fully saturated rings. The molecule has 1 amide bonds. The Morgan fingerprint density at radius 2 is 1.70 bits per heavy atom. The molecule has 6 rings (SSSR count). The second-order valence-corrected chi connectivity index (χ2v) is 9.88. The number of benzene rings is 4. The Kier molecular flexibility index (Phi) is 5.05. The summed E-state index contributed by atoms with van der Waals surface area (Å²) in [6.07, 6.45) is 4.13. The van der Waals surface area contributed by atoms with Gasteiger partial charge in [-0.15, -0.1) is 0 Å². The standard InChI is InChI=1S/C30H25N3O4/c1-29(2)23-11-5-7-13-25(23)32(19-28(34)31-24-12-6-8-14-26(24)33(35)36)30(29)18-17-22-21-10-4-3-9-20(21)15-16-27(22)37-30/h3-18H,19H2,1-2H3,(H,31,34). The molecule has 1 N–H and O–H groups in total. The first-order chi connectivity index (χ1) is 17.8. The van der Waals surface area contributed by atoms with Gasteiger partial charge in [-0.1, -0.05) is 60.7 Å². The molecule has 184 valence electrons. The van der Waals surface area contributed by atoms with Crippen molar-refractivity contribution in [3.8, 4) is 5.75 Å². The molecule has 0 saturated heterocycles. The largest absolute Gasteiger partial charge is 0.463 e. The van der Waals surface area contributed by atoms with Crippen LogP contribution in [0.3, 0.4) is 0 Å². The van der Waals surface area contributed by atoms with Gasteiger partial charge in [0, 0.05) is 17.3 Å². The van der Waals surface area contributed by atoms with Crippen LogP contribution in [-0.4, -0.2) is 23.1 Å². The fraction of sp³-hybridized carbons (Fsp3) is 0.167. The van der Waals surface area contributed by atoms with Gasteiger partial charge in [0.15, 0.2) is 0 Å². The lowest BCUT2D eigenvalue weighted by Crippen LogP contribution is -2.61. The average molecular weight is 492 g/mol. The van der Waals surface area contributed by atoms with Crippen LogP contribution in [0.2, 0.25) is 0 Å². The number of carbonyl (C=O) groups excluding carboxylic acids is 1. The van der Waals surface area contributed by atoms with Crippen molar-refractivity contribution in [2.75, 3.05) is 16.8 Å². The molecule has 0 radical (unpaired) electrons. The van der Waals surface area contributed by atoms with Crippen LogP contribution in [0.5, 0.6) is 5.75 Å². The van der Waals surface area contributed by atoms with Crippen LogP contribution in [0, 0.1) is 10.1 Å². The Bertz CT molecular complexity index is 1610. The summed E-state index contributed by atoms with van der Waals surface area (Å²) >= 11 is 0. The molecule has 0 saturated carbocycles. The normalized spacial score (nSPS) is 18.8. The lowest BCUT2D eigenvalue weighted by Gasteiger charge is -2.47. The molecule has 7 heteroatoms. The number of amides is 1. The van der Waals surface area contributed by atoms with Crippen LogP contribution < -0.4 is 15.0 Å². The maximum Gasteiger partial charge on any atom is 0.292 e. The van der Waals surface area contributed by atoms with Gasteiger partial charge in [0.25, 0.3) is 5.69 Å². The van der Waals surface area contributed by atoms with Gasteiger partial charge in [0.2, 0.25) is 11.6 Å². The summed E-state index contributed by atoms with van der Waals surface area (Å²) in [5, 5.41) is 16.4. The Labute approximate surface area is 214 Å². The van der Waals surface area contributed by atoms with Crippen molar-refractivity contribution in [2.45, 2.75) is 25.0 Å². The number of hydrogen-bond donors (Lipinski definition) is 1. The number of carbonyl (C=O) groups is 1. The van der Waals surface area contributed by atoms with E-state index < -0.39 is 16.1 Å². The zero-order valence-electron chi connectivity index (χ0n) is 20.5. The molecule has 7 nitrogen and oxygen atoms in total. The van der Waals surface area contributed by atoms with Crippen molar-refractivity contribution < 1.29 is 14.5 Å². The van der Waals surface area contributed by atoms with E-state index in [1.165, 1.54) is 12.1 Å². The molecular weight excluding hydrogens is 466 g/mol. The quantitative estimate of drug-likeness (QED) is 0.268. The van der Waals surface area contributed by atoms with Crippen LogP contribution in [0.25, 0.3) is 16.8 Å². The van der Waals surface area contributed by atoms with Crippen LogP contribution >= 0.6 is 0 Å².